The molecular weight excluding hydrogens is 452 g/mol. The number of hydrogen-bond donors (Lipinski definition) is 2. The Morgan fingerprint density at radius 3 is 2.88 bits per heavy atom. The van der Waals surface area contributed by atoms with Crippen LogP contribution in [0.25, 0.3) is 10.7 Å². The minimum atomic E-state index is -3.44. The van der Waals surface area contributed by atoms with E-state index in [1.54, 1.807) is 17.4 Å². The van der Waals surface area contributed by atoms with Crippen molar-refractivity contribution in [1.29, 1.82) is 0 Å². The Labute approximate surface area is 192 Å². The molecule has 2 atom stereocenters. The van der Waals surface area contributed by atoms with Crippen LogP contribution in [0.1, 0.15) is 23.3 Å². The van der Waals surface area contributed by atoms with Crippen molar-refractivity contribution in [3.8, 4) is 10.7 Å². The van der Waals surface area contributed by atoms with Crippen LogP contribution in [-0.4, -0.2) is 62.0 Å². The van der Waals surface area contributed by atoms with Gasteiger partial charge in [-0.05, 0) is 30.2 Å². The number of amides is 1. The first-order valence-electron chi connectivity index (χ1n) is 10.5. The number of halogens is 2. The van der Waals surface area contributed by atoms with Crippen LogP contribution in [0.5, 0.6) is 0 Å². The third kappa shape index (κ3) is 5.42. The molecule has 0 unspecified atom stereocenters. The lowest BCUT2D eigenvalue weighted by molar-refractivity contribution is -0.0930. The molecule has 0 bridgehead atoms. The van der Waals surface area contributed by atoms with E-state index in [9.17, 15) is 18.7 Å². The number of aliphatic hydroxyl groups excluding tert-OH is 1. The Balaban J connectivity index is 1.36. The molecule has 3 heterocycles. The molecule has 0 radical (unpaired) electrons. The number of hydrogen-bond acceptors (Lipinski definition) is 7. The predicted molar refractivity (Wildman–Crippen MR) is 118 cm³/mol. The molecule has 1 aliphatic rings. The molecule has 8 nitrogen and oxygen atoms in total. The zero-order valence-corrected chi connectivity index (χ0v) is 18.4. The van der Waals surface area contributed by atoms with Gasteiger partial charge in [0.2, 0.25) is 5.82 Å². The van der Waals surface area contributed by atoms with Gasteiger partial charge in [-0.1, -0.05) is 42.5 Å². The summed E-state index contributed by atoms with van der Waals surface area (Å²) in [7, 11) is 0. The van der Waals surface area contributed by atoms with E-state index in [0.717, 1.165) is 22.3 Å². The van der Waals surface area contributed by atoms with Gasteiger partial charge < -0.3 is 14.7 Å². The Bertz CT molecular complexity index is 1070. The fourth-order valence-electron chi connectivity index (χ4n) is 3.61. The summed E-state index contributed by atoms with van der Waals surface area (Å²) in [6.07, 6.45) is 1.90. The lowest BCUT2D eigenvalue weighted by Crippen LogP contribution is -2.45. The number of aromatic amines is 1. The maximum Gasteiger partial charge on any atom is 0.410 e. The molecule has 11 heteroatoms. The van der Waals surface area contributed by atoms with E-state index in [1.165, 1.54) is 35.2 Å². The highest BCUT2D eigenvalue weighted by molar-refractivity contribution is 7.15. The number of carbonyl (C=O) groups is 1. The number of thiophene rings is 1. The molecule has 1 amide bonds. The molecule has 0 saturated carbocycles. The van der Waals surface area contributed by atoms with Crippen LogP contribution >= 0.6 is 11.3 Å². The molecule has 3 aromatic rings. The Morgan fingerprint density at radius 2 is 2.12 bits per heavy atom. The van der Waals surface area contributed by atoms with E-state index in [0.29, 0.717) is 25.2 Å². The first-order valence-corrected chi connectivity index (χ1v) is 11.3. The van der Waals surface area contributed by atoms with Gasteiger partial charge in [0.05, 0.1) is 17.5 Å². The molecule has 4 rings (SSSR count). The van der Waals surface area contributed by atoms with Crippen LogP contribution in [0.15, 0.2) is 54.6 Å². The number of carbonyl (C=O) groups excluding carboxylic acids is 1. The molecule has 0 spiro atoms. The van der Waals surface area contributed by atoms with Crippen LogP contribution in [-0.2, 0) is 17.1 Å². The molecule has 1 fully saturated rings. The zero-order valence-electron chi connectivity index (χ0n) is 17.6. The van der Waals surface area contributed by atoms with Crippen molar-refractivity contribution >= 4 is 17.4 Å². The van der Waals surface area contributed by atoms with E-state index in [-0.39, 0.29) is 12.2 Å². The number of aryl methyl sites for hydroxylation is 1. The molecule has 2 aromatic heterocycles. The number of nitrogens with zero attached hydrogens (tertiary/aromatic N) is 4. The number of alkyl halides is 2. The van der Waals surface area contributed by atoms with E-state index >= 15 is 0 Å². The number of cyclic esters (lactones) is 1. The molecule has 2 N–H and O–H groups in total. The monoisotopic (exact) mass is 475 g/mol. The number of ether oxygens (including phenoxy) is 1. The predicted octanol–water partition coefficient (Wildman–Crippen LogP) is 3.78. The SMILES string of the molecule is O=C1OCC[C@H](/C=C/[C@H](O)C(F)(F)c2ccccc2)N1CCCc1ccc(-c2nn[nH]n2)s1. The summed E-state index contributed by atoms with van der Waals surface area (Å²) in [5.41, 5.74) is -0.266. The van der Waals surface area contributed by atoms with E-state index in [4.69, 9.17) is 4.74 Å². The third-order valence-electron chi connectivity index (χ3n) is 5.37. The van der Waals surface area contributed by atoms with Gasteiger partial charge >= 0.3 is 12.0 Å². The second-order valence-corrected chi connectivity index (χ2v) is 8.76. The maximum absolute atomic E-state index is 14.6. The fraction of sp³-hybridized carbons (Fsp3) is 0.364. The Hall–Kier alpha value is -3.18. The second kappa shape index (κ2) is 10.2. The normalized spacial score (nSPS) is 18.0. The van der Waals surface area contributed by atoms with Crippen molar-refractivity contribution in [3.63, 3.8) is 0 Å². The summed E-state index contributed by atoms with van der Waals surface area (Å²) in [6, 6.07) is 10.6. The molecule has 0 aliphatic carbocycles. The molecule has 1 saturated heterocycles. The van der Waals surface area contributed by atoms with Gasteiger partial charge in [-0.3, -0.25) is 0 Å². The van der Waals surface area contributed by atoms with Crippen LogP contribution < -0.4 is 0 Å². The smallest absolute Gasteiger partial charge is 0.410 e. The van der Waals surface area contributed by atoms with Gasteiger partial charge in [0, 0.05) is 23.4 Å². The van der Waals surface area contributed by atoms with Crippen molar-refractivity contribution in [2.45, 2.75) is 37.3 Å². The number of rotatable bonds is 9. The molecule has 1 aromatic carbocycles. The van der Waals surface area contributed by atoms with Gasteiger partial charge in [-0.15, -0.1) is 21.5 Å². The quantitative estimate of drug-likeness (QED) is 0.457. The van der Waals surface area contributed by atoms with Crippen LogP contribution in [0.2, 0.25) is 0 Å². The zero-order chi connectivity index (χ0) is 23.3. The van der Waals surface area contributed by atoms with Gasteiger partial charge in [0.1, 0.15) is 6.10 Å². The highest BCUT2D eigenvalue weighted by Crippen LogP contribution is 2.32. The van der Waals surface area contributed by atoms with Crippen molar-refractivity contribution in [2.24, 2.45) is 0 Å². The van der Waals surface area contributed by atoms with Crippen molar-refractivity contribution in [3.05, 3.63) is 65.1 Å². The summed E-state index contributed by atoms with van der Waals surface area (Å²) in [5, 5.41) is 24.0. The first-order chi connectivity index (χ1) is 15.9. The summed E-state index contributed by atoms with van der Waals surface area (Å²) in [5.74, 6) is -2.91. The number of tetrazole rings is 1. The highest BCUT2D eigenvalue weighted by atomic mass is 32.1. The van der Waals surface area contributed by atoms with E-state index in [2.05, 4.69) is 20.6 Å². The molecule has 33 heavy (non-hydrogen) atoms. The van der Waals surface area contributed by atoms with Crippen LogP contribution in [0.4, 0.5) is 13.6 Å². The van der Waals surface area contributed by atoms with Gasteiger partial charge in [-0.2, -0.15) is 14.0 Å². The first kappa shape index (κ1) is 23.0. The van der Waals surface area contributed by atoms with E-state index < -0.39 is 24.2 Å². The number of aliphatic hydroxyl groups is 1. The van der Waals surface area contributed by atoms with Gasteiger partial charge in [0.25, 0.3) is 0 Å². The summed E-state index contributed by atoms with van der Waals surface area (Å²) < 4.78 is 34.2. The highest BCUT2D eigenvalue weighted by Gasteiger charge is 2.39. The number of aromatic nitrogens is 4. The van der Waals surface area contributed by atoms with Gasteiger partial charge in [0.15, 0.2) is 0 Å². The number of H-pyrrole nitrogens is 1. The number of benzene rings is 1. The summed E-state index contributed by atoms with van der Waals surface area (Å²) >= 11 is 1.54. The minimum Gasteiger partial charge on any atom is -0.449 e. The lowest BCUT2D eigenvalue weighted by atomic mass is 10.0. The minimum absolute atomic E-state index is 0.203. The largest absolute Gasteiger partial charge is 0.449 e. The van der Waals surface area contributed by atoms with Gasteiger partial charge in [-0.25, -0.2) is 4.79 Å². The number of nitrogens with one attached hydrogen (secondary N) is 1. The van der Waals surface area contributed by atoms with Crippen LogP contribution in [0, 0.1) is 0 Å². The maximum atomic E-state index is 14.6. The van der Waals surface area contributed by atoms with Crippen molar-refractivity contribution in [2.75, 3.05) is 13.2 Å². The topological polar surface area (TPSA) is 104 Å². The molecule has 174 valence electrons. The average Bonchev–Trinajstić information content (AvgIpc) is 3.51. The second-order valence-electron chi connectivity index (χ2n) is 7.59. The fourth-order valence-corrected chi connectivity index (χ4v) is 4.58. The molecule has 1 aliphatic heterocycles. The van der Waals surface area contributed by atoms with E-state index in [1.807, 2.05) is 12.1 Å². The third-order valence-corrected chi connectivity index (χ3v) is 6.51. The standard InChI is InChI=1S/C22H23F2N5O3S/c23-22(24,15-5-2-1-3-6-15)19(30)11-8-16-12-14-32-21(31)29(16)13-4-7-17-9-10-18(33-17)20-25-27-28-26-20/h1-3,5-6,8-11,16,19,30H,4,7,12-14H2,(H,25,26,27,28)/b11-8+/t16-,19-/m0/s1. The summed E-state index contributed by atoms with van der Waals surface area (Å²) in [4.78, 5) is 15.8. The Morgan fingerprint density at radius 1 is 1.30 bits per heavy atom. The summed E-state index contributed by atoms with van der Waals surface area (Å²) in [6.45, 7) is 0.600. The lowest BCUT2D eigenvalue weighted by Gasteiger charge is -2.33. The van der Waals surface area contributed by atoms with Crippen molar-refractivity contribution in [1.82, 2.24) is 25.5 Å². The van der Waals surface area contributed by atoms with Crippen LogP contribution in [0.3, 0.4) is 0 Å². The van der Waals surface area contributed by atoms with Crippen molar-refractivity contribution < 1.29 is 23.4 Å². The Kier molecular flexibility index (Phi) is 7.09. The average molecular weight is 476 g/mol. The molecular formula is C22H23F2N5O3S.